The number of nitrogens with one attached hydrogen (secondary N) is 1. The summed E-state index contributed by atoms with van der Waals surface area (Å²) >= 11 is 14.8. The van der Waals surface area contributed by atoms with Crippen LogP contribution in [0.1, 0.15) is 0 Å². The summed E-state index contributed by atoms with van der Waals surface area (Å²) in [5.41, 5.74) is 0.333. The molecule has 2 rings (SSSR count). The first kappa shape index (κ1) is 14.6. The molecule has 0 bridgehead atoms. The number of halogens is 3. The molecule has 4 nitrogen and oxygen atoms in total. The van der Waals surface area contributed by atoms with Gasteiger partial charge in [-0.25, -0.2) is 13.4 Å². The number of hydrogen-bond acceptors (Lipinski definition) is 3. The number of benzene rings is 1. The van der Waals surface area contributed by atoms with E-state index in [0.717, 1.165) is 0 Å². The van der Waals surface area contributed by atoms with Gasteiger partial charge in [0.25, 0.3) is 10.0 Å². The number of nitrogens with zero attached hydrogens (tertiary/aromatic N) is 1. The lowest BCUT2D eigenvalue weighted by atomic mass is 10.4. The van der Waals surface area contributed by atoms with Gasteiger partial charge in [-0.1, -0.05) is 23.2 Å². The lowest BCUT2D eigenvalue weighted by Gasteiger charge is -2.09. The summed E-state index contributed by atoms with van der Waals surface area (Å²) in [6.45, 7) is 0. The molecule has 0 spiro atoms. The molecule has 1 aromatic heterocycles. The zero-order valence-corrected chi connectivity index (χ0v) is 13.2. The highest BCUT2D eigenvalue weighted by Gasteiger charge is 2.18. The lowest BCUT2D eigenvalue weighted by Crippen LogP contribution is -2.13. The second-order valence-electron chi connectivity index (χ2n) is 3.55. The summed E-state index contributed by atoms with van der Waals surface area (Å²) in [5.74, 6) is 0. The molecule has 0 saturated heterocycles. The van der Waals surface area contributed by atoms with E-state index in [1.54, 1.807) is 12.1 Å². The van der Waals surface area contributed by atoms with Gasteiger partial charge in [-0.3, -0.25) is 4.72 Å². The molecule has 0 aliphatic heterocycles. The van der Waals surface area contributed by atoms with Crippen LogP contribution >= 0.6 is 39.1 Å². The zero-order chi connectivity index (χ0) is 14.0. The molecule has 0 fully saturated rings. The van der Waals surface area contributed by atoms with Crippen LogP contribution in [0, 0.1) is 0 Å². The van der Waals surface area contributed by atoms with Crippen LogP contribution < -0.4 is 4.72 Å². The molecular formula is C11H7BrCl2N2O2S. The third kappa shape index (κ3) is 3.60. The highest BCUT2D eigenvalue weighted by Crippen LogP contribution is 2.26. The van der Waals surface area contributed by atoms with Crippen molar-refractivity contribution >= 4 is 54.8 Å². The Morgan fingerprint density at radius 3 is 2.53 bits per heavy atom. The van der Waals surface area contributed by atoms with E-state index in [9.17, 15) is 8.42 Å². The predicted octanol–water partition coefficient (Wildman–Crippen LogP) is 3.95. The standard InChI is InChI=1S/C11H7BrCl2N2O2S/c12-11-4-2-8(6-15-11)16-19(17,18)10-5-7(13)1-3-9(10)14/h1-6,16H. The average molecular weight is 382 g/mol. The van der Waals surface area contributed by atoms with Gasteiger partial charge in [0, 0.05) is 5.02 Å². The van der Waals surface area contributed by atoms with E-state index in [4.69, 9.17) is 23.2 Å². The van der Waals surface area contributed by atoms with Gasteiger partial charge in [-0.2, -0.15) is 0 Å². The highest BCUT2D eigenvalue weighted by atomic mass is 79.9. The largest absolute Gasteiger partial charge is 0.278 e. The van der Waals surface area contributed by atoms with Crippen LogP contribution in [-0.4, -0.2) is 13.4 Å². The van der Waals surface area contributed by atoms with Crippen molar-refractivity contribution < 1.29 is 8.42 Å². The topological polar surface area (TPSA) is 59.1 Å². The van der Waals surface area contributed by atoms with E-state index in [0.29, 0.717) is 15.3 Å². The quantitative estimate of drug-likeness (QED) is 0.818. The van der Waals surface area contributed by atoms with Gasteiger partial charge >= 0.3 is 0 Å². The molecule has 1 aromatic carbocycles. The maximum absolute atomic E-state index is 12.2. The third-order valence-electron chi connectivity index (χ3n) is 2.16. The second kappa shape index (κ2) is 5.66. The molecule has 0 unspecified atom stereocenters. The van der Waals surface area contributed by atoms with Gasteiger partial charge in [0.2, 0.25) is 0 Å². The maximum Gasteiger partial charge on any atom is 0.263 e. The van der Waals surface area contributed by atoms with Crippen LogP contribution in [0.5, 0.6) is 0 Å². The molecular weight excluding hydrogens is 375 g/mol. The summed E-state index contributed by atoms with van der Waals surface area (Å²) in [6.07, 6.45) is 1.39. The fourth-order valence-corrected chi connectivity index (χ4v) is 3.37. The molecule has 0 aliphatic rings. The van der Waals surface area contributed by atoms with Gasteiger partial charge in [0.1, 0.15) is 9.50 Å². The minimum atomic E-state index is -3.80. The SMILES string of the molecule is O=S(=O)(Nc1ccc(Br)nc1)c1cc(Cl)ccc1Cl. The summed E-state index contributed by atoms with van der Waals surface area (Å²) < 4.78 is 27.3. The fourth-order valence-electron chi connectivity index (χ4n) is 1.33. The van der Waals surface area contributed by atoms with Crippen LogP contribution in [0.2, 0.25) is 10.0 Å². The van der Waals surface area contributed by atoms with Gasteiger partial charge in [-0.15, -0.1) is 0 Å². The van der Waals surface area contributed by atoms with Crippen LogP contribution in [0.25, 0.3) is 0 Å². The van der Waals surface area contributed by atoms with E-state index in [-0.39, 0.29) is 9.92 Å². The Bertz CT molecular complexity index is 705. The number of rotatable bonds is 3. The Balaban J connectivity index is 2.37. The van der Waals surface area contributed by atoms with Gasteiger partial charge in [0.15, 0.2) is 0 Å². The van der Waals surface area contributed by atoms with Crippen molar-refractivity contribution in [3.05, 3.63) is 51.2 Å². The summed E-state index contributed by atoms with van der Waals surface area (Å²) in [6, 6.07) is 7.44. The Morgan fingerprint density at radius 1 is 1.16 bits per heavy atom. The molecule has 1 heterocycles. The third-order valence-corrected chi connectivity index (χ3v) is 4.73. The van der Waals surface area contributed by atoms with Crippen molar-refractivity contribution in [1.82, 2.24) is 4.98 Å². The lowest BCUT2D eigenvalue weighted by molar-refractivity contribution is 0.601. The molecule has 19 heavy (non-hydrogen) atoms. The van der Waals surface area contributed by atoms with Crippen molar-refractivity contribution in [1.29, 1.82) is 0 Å². The molecule has 2 aromatic rings. The van der Waals surface area contributed by atoms with Crippen molar-refractivity contribution in [2.45, 2.75) is 4.90 Å². The first-order valence-electron chi connectivity index (χ1n) is 4.98. The maximum atomic E-state index is 12.2. The Labute approximate surface area is 128 Å². The molecule has 0 radical (unpaired) electrons. The number of hydrogen-bond donors (Lipinski definition) is 1. The minimum absolute atomic E-state index is 0.0791. The number of aromatic nitrogens is 1. The van der Waals surface area contributed by atoms with Gasteiger partial charge in [0.05, 0.1) is 16.9 Å². The van der Waals surface area contributed by atoms with Crippen LogP contribution in [-0.2, 0) is 10.0 Å². The molecule has 100 valence electrons. The van der Waals surface area contributed by atoms with E-state index >= 15 is 0 Å². The minimum Gasteiger partial charge on any atom is -0.278 e. The molecule has 0 amide bonds. The smallest absolute Gasteiger partial charge is 0.263 e. The monoisotopic (exact) mass is 380 g/mol. The Kier molecular flexibility index (Phi) is 4.35. The van der Waals surface area contributed by atoms with E-state index in [1.165, 1.54) is 24.4 Å². The van der Waals surface area contributed by atoms with Crippen molar-refractivity contribution in [3.63, 3.8) is 0 Å². The zero-order valence-electron chi connectivity index (χ0n) is 9.27. The van der Waals surface area contributed by atoms with Crippen molar-refractivity contribution in [3.8, 4) is 0 Å². The predicted molar refractivity (Wildman–Crippen MR) is 79.2 cm³/mol. The molecule has 1 N–H and O–H groups in total. The summed E-state index contributed by atoms with van der Waals surface area (Å²) in [5, 5.41) is 0.390. The van der Waals surface area contributed by atoms with E-state index in [2.05, 4.69) is 25.6 Å². The van der Waals surface area contributed by atoms with E-state index < -0.39 is 10.0 Å². The highest BCUT2D eigenvalue weighted by molar-refractivity contribution is 9.10. The number of sulfonamides is 1. The molecule has 0 atom stereocenters. The molecule has 8 heteroatoms. The van der Waals surface area contributed by atoms with Crippen LogP contribution in [0.4, 0.5) is 5.69 Å². The Morgan fingerprint density at radius 2 is 1.89 bits per heavy atom. The number of anilines is 1. The molecule has 0 saturated carbocycles. The normalized spacial score (nSPS) is 11.3. The number of pyridine rings is 1. The molecule has 0 aliphatic carbocycles. The van der Waals surface area contributed by atoms with Crippen molar-refractivity contribution in [2.24, 2.45) is 0 Å². The van der Waals surface area contributed by atoms with Crippen molar-refractivity contribution in [2.75, 3.05) is 4.72 Å². The van der Waals surface area contributed by atoms with E-state index in [1.807, 2.05) is 0 Å². The van der Waals surface area contributed by atoms with Crippen LogP contribution in [0.15, 0.2) is 46.0 Å². The fraction of sp³-hybridized carbons (Fsp3) is 0. The Hall–Kier alpha value is -0.820. The van der Waals surface area contributed by atoms with Gasteiger partial charge in [-0.05, 0) is 46.3 Å². The van der Waals surface area contributed by atoms with Crippen LogP contribution in [0.3, 0.4) is 0 Å². The summed E-state index contributed by atoms with van der Waals surface area (Å²) in [4.78, 5) is 3.85. The first-order chi connectivity index (χ1) is 8.88. The second-order valence-corrected chi connectivity index (χ2v) is 6.86. The van der Waals surface area contributed by atoms with Gasteiger partial charge < -0.3 is 0 Å². The summed E-state index contributed by atoms with van der Waals surface area (Å²) in [7, 11) is -3.80. The first-order valence-corrected chi connectivity index (χ1v) is 8.01. The average Bonchev–Trinajstić information content (AvgIpc) is 2.35.